The van der Waals surface area contributed by atoms with Gasteiger partial charge in [-0.15, -0.1) is 0 Å². The van der Waals surface area contributed by atoms with E-state index >= 15 is 0 Å². The van der Waals surface area contributed by atoms with Crippen molar-refractivity contribution in [2.24, 2.45) is 0 Å². The summed E-state index contributed by atoms with van der Waals surface area (Å²) in [5, 5.41) is 0. The highest BCUT2D eigenvalue weighted by Crippen LogP contribution is 2.29. The summed E-state index contributed by atoms with van der Waals surface area (Å²) < 4.78 is 21.7. The van der Waals surface area contributed by atoms with Crippen LogP contribution in [0, 0.1) is 11.1 Å². The lowest BCUT2D eigenvalue weighted by Crippen LogP contribution is -1.87. The van der Waals surface area contributed by atoms with Crippen LogP contribution >= 0.6 is 8.25 Å². The van der Waals surface area contributed by atoms with Gasteiger partial charge in [0.25, 0.3) is 0 Å². The largest absolute Gasteiger partial charge is 0.805 e. The van der Waals surface area contributed by atoms with Crippen LogP contribution in [-0.2, 0) is 4.57 Å². The van der Waals surface area contributed by atoms with Crippen LogP contribution in [0.4, 0.5) is 0 Å². The molecule has 0 aliphatic heterocycles. The van der Waals surface area contributed by atoms with Gasteiger partial charge in [0.15, 0.2) is 11.5 Å². The fraction of sp³-hybridized carbons (Fsp3) is 0. The number of para-hydroxylation sites is 2. The van der Waals surface area contributed by atoms with E-state index in [0.29, 0.717) is 11.5 Å². The minimum Gasteiger partial charge on any atom is -0.222 e. The molecule has 0 saturated carbocycles. The average molecular weight is 277 g/mol. The molecule has 6 nitrogen and oxygen atoms in total. The normalized spacial score (nSPS) is 8.42. The number of benzene rings is 2. The van der Waals surface area contributed by atoms with Crippen molar-refractivity contribution in [1.82, 2.24) is 4.91 Å². The number of nitrogens with zero attached hydrogens (tertiary/aromatic N) is 1. The van der Waals surface area contributed by atoms with Gasteiger partial charge in [-0.05, 0) is 24.3 Å². The lowest BCUT2D eigenvalue weighted by Gasteiger charge is -1.92. The van der Waals surface area contributed by atoms with Crippen molar-refractivity contribution >= 4 is 8.25 Å². The van der Waals surface area contributed by atoms with Crippen molar-refractivity contribution in [1.29, 1.82) is 11.1 Å². The van der Waals surface area contributed by atoms with Crippen LogP contribution in [0.25, 0.3) is 0 Å². The van der Waals surface area contributed by atoms with Gasteiger partial charge in [-0.25, -0.2) is 9.05 Å². The molecule has 2 N–H and O–H groups in total. The third kappa shape index (κ3) is 6.07. The summed E-state index contributed by atoms with van der Waals surface area (Å²) in [7, 11) is -2.18. The minimum absolute atomic E-state index is 0.527. The molecule has 0 spiro atoms. The Morgan fingerprint density at radius 1 is 0.789 bits per heavy atom. The zero-order valence-electron chi connectivity index (χ0n) is 9.89. The number of rotatable bonds is 4. The van der Waals surface area contributed by atoms with E-state index in [1.54, 1.807) is 48.5 Å². The molecule has 2 aromatic rings. The molecule has 0 amide bonds. The second-order valence-electron chi connectivity index (χ2n) is 3.14. The molecule has 0 unspecified atom stereocenters. The molecule has 19 heavy (non-hydrogen) atoms. The Balaban J connectivity index is 0.000000550. The summed E-state index contributed by atoms with van der Waals surface area (Å²) in [5.41, 5.74) is 11.0. The van der Waals surface area contributed by atoms with Crippen LogP contribution < -0.4 is 14.0 Å². The smallest absolute Gasteiger partial charge is 0.222 e. The quantitative estimate of drug-likeness (QED) is 0.503. The highest BCUT2D eigenvalue weighted by molar-refractivity contribution is 7.34. The molecule has 0 saturated heterocycles. The lowest BCUT2D eigenvalue weighted by atomic mass is 10.3. The summed E-state index contributed by atoms with van der Waals surface area (Å²) in [6.07, 6.45) is 0. The van der Waals surface area contributed by atoms with Crippen LogP contribution in [0.15, 0.2) is 60.7 Å². The van der Waals surface area contributed by atoms with Crippen LogP contribution in [0.1, 0.15) is 0 Å². The molecular formula is C12H12N3O3P+2. The van der Waals surface area contributed by atoms with E-state index in [0.717, 1.165) is 0 Å². The van der Waals surface area contributed by atoms with E-state index in [2.05, 4.69) is 0 Å². The Kier molecular flexibility index (Phi) is 6.51. The monoisotopic (exact) mass is 277 g/mol. The average Bonchev–Trinajstić information content (AvgIpc) is 2.41. The van der Waals surface area contributed by atoms with Gasteiger partial charge in [0.2, 0.25) is 4.91 Å². The first-order chi connectivity index (χ1) is 9.26. The van der Waals surface area contributed by atoms with Crippen LogP contribution in [0.3, 0.4) is 0 Å². The minimum atomic E-state index is -2.18. The van der Waals surface area contributed by atoms with Gasteiger partial charge in [0.05, 0.1) is 0 Å². The van der Waals surface area contributed by atoms with Crippen molar-refractivity contribution in [2.45, 2.75) is 0 Å². The molecule has 0 bridgehead atoms. The molecule has 2 rings (SSSR count). The van der Waals surface area contributed by atoms with Crippen molar-refractivity contribution in [3.63, 3.8) is 0 Å². The summed E-state index contributed by atoms with van der Waals surface area (Å²) in [5.74, 6) is 1.05. The number of nitrogens with one attached hydrogen (secondary N) is 2. The Labute approximate surface area is 111 Å². The summed E-state index contributed by atoms with van der Waals surface area (Å²) in [6, 6.07) is 17.8. The molecule has 0 aliphatic carbocycles. The van der Waals surface area contributed by atoms with E-state index in [9.17, 15) is 4.57 Å². The van der Waals surface area contributed by atoms with Crippen molar-refractivity contribution in [2.75, 3.05) is 0 Å². The first-order valence-corrected chi connectivity index (χ1v) is 6.32. The van der Waals surface area contributed by atoms with Gasteiger partial charge in [-0.3, -0.25) is 0 Å². The van der Waals surface area contributed by atoms with Crippen molar-refractivity contribution in [3.8, 4) is 11.5 Å². The molecular weight excluding hydrogens is 265 g/mol. The van der Waals surface area contributed by atoms with E-state index in [1.165, 1.54) is 0 Å². The maximum Gasteiger partial charge on any atom is 0.805 e. The molecule has 96 valence electrons. The predicted molar refractivity (Wildman–Crippen MR) is 69.3 cm³/mol. The highest BCUT2D eigenvalue weighted by atomic mass is 31.1. The SMILES string of the molecule is N=[N+]=N.O=[P+](Oc1ccccc1)Oc1ccccc1. The Morgan fingerprint density at radius 2 is 1.11 bits per heavy atom. The van der Waals surface area contributed by atoms with Gasteiger partial charge < -0.3 is 0 Å². The zero-order valence-corrected chi connectivity index (χ0v) is 10.8. The fourth-order valence-electron chi connectivity index (χ4n) is 1.15. The number of hydrogen-bond donors (Lipinski definition) is 2. The fourth-order valence-corrected chi connectivity index (χ4v) is 1.78. The Bertz CT molecular complexity index is 499. The Hall–Kier alpha value is -2.55. The summed E-state index contributed by atoms with van der Waals surface area (Å²) in [4.78, 5) is 2.00. The highest BCUT2D eigenvalue weighted by Gasteiger charge is 2.23. The summed E-state index contributed by atoms with van der Waals surface area (Å²) in [6.45, 7) is 0. The Morgan fingerprint density at radius 3 is 1.42 bits per heavy atom. The molecule has 7 heteroatoms. The predicted octanol–water partition coefficient (Wildman–Crippen LogP) is 3.92. The maximum absolute atomic E-state index is 11.5. The molecule has 0 aromatic heterocycles. The number of hydrogen-bond acceptors (Lipinski definition) is 5. The zero-order chi connectivity index (χ0) is 13.9. The van der Waals surface area contributed by atoms with Gasteiger partial charge in [0.1, 0.15) is 11.1 Å². The topological polar surface area (TPSA) is 97.3 Å². The third-order valence-electron chi connectivity index (χ3n) is 1.85. The maximum atomic E-state index is 11.5. The van der Waals surface area contributed by atoms with E-state index in [-0.39, 0.29) is 0 Å². The molecule has 0 atom stereocenters. The standard InChI is InChI=1S/C12H10O3P.H2N3/c13-16(14-11-7-3-1-4-8-11)15-12-9-5-2-6-10-12;1-3-2/h1-10H;1-2H/q2*+1. The molecule has 2 aromatic carbocycles. The lowest BCUT2D eigenvalue weighted by molar-refractivity contribution is 0.415. The molecule has 0 aliphatic rings. The third-order valence-corrected chi connectivity index (χ3v) is 2.57. The van der Waals surface area contributed by atoms with Gasteiger partial charge in [-0.1, -0.05) is 36.4 Å². The first-order valence-electron chi connectivity index (χ1n) is 5.22. The van der Waals surface area contributed by atoms with Crippen LogP contribution in [-0.4, -0.2) is 0 Å². The van der Waals surface area contributed by atoms with Gasteiger partial charge in [-0.2, -0.15) is 0 Å². The van der Waals surface area contributed by atoms with Crippen LogP contribution in [0.5, 0.6) is 11.5 Å². The molecule has 0 fully saturated rings. The van der Waals surface area contributed by atoms with E-state index in [1.807, 2.05) is 17.0 Å². The second-order valence-corrected chi connectivity index (χ2v) is 3.96. The second kappa shape index (κ2) is 8.53. The van der Waals surface area contributed by atoms with Crippen molar-refractivity contribution < 1.29 is 13.6 Å². The first kappa shape index (κ1) is 14.5. The molecule has 0 radical (unpaired) electrons. The van der Waals surface area contributed by atoms with E-state index < -0.39 is 8.25 Å². The molecule has 0 heterocycles. The van der Waals surface area contributed by atoms with Crippen LogP contribution in [0.2, 0.25) is 0 Å². The van der Waals surface area contributed by atoms with Crippen molar-refractivity contribution in [3.05, 3.63) is 60.7 Å². The van der Waals surface area contributed by atoms with Gasteiger partial charge in [0, 0.05) is 4.57 Å². The summed E-state index contributed by atoms with van der Waals surface area (Å²) >= 11 is 0. The van der Waals surface area contributed by atoms with Gasteiger partial charge >= 0.3 is 8.25 Å². The van der Waals surface area contributed by atoms with E-state index in [4.69, 9.17) is 20.1 Å².